The summed E-state index contributed by atoms with van der Waals surface area (Å²) in [5.41, 5.74) is 1.63. The first-order valence-electron chi connectivity index (χ1n) is 10.0. The minimum Gasteiger partial charge on any atom is -0.361 e. The predicted molar refractivity (Wildman–Crippen MR) is 111 cm³/mol. The molecule has 1 saturated heterocycles. The number of hydrogen-bond acceptors (Lipinski definition) is 5. The highest BCUT2D eigenvalue weighted by atomic mass is 19.1. The molecular formula is C23H27FN4O. The standard InChI is InChI=1S/C23H27FN4O/c1-27(2)23(18-6-4-3-5-7-18)12-10-22(11-13-23)16-28(21(29)26-22)20-9-8-17(15-25)14-19(20)24/h3-9,14,21,26,29H,10-13,16H2,1-2H3/t21?,22-,23+. The van der Waals surface area contributed by atoms with Gasteiger partial charge in [-0.25, -0.2) is 4.39 Å². The number of anilines is 1. The molecule has 0 amide bonds. The summed E-state index contributed by atoms with van der Waals surface area (Å²) in [5, 5.41) is 22.9. The van der Waals surface area contributed by atoms with Gasteiger partial charge >= 0.3 is 0 Å². The summed E-state index contributed by atoms with van der Waals surface area (Å²) < 4.78 is 14.5. The first-order chi connectivity index (χ1) is 13.9. The fourth-order valence-electron chi connectivity index (χ4n) is 5.02. The smallest absolute Gasteiger partial charge is 0.184 e. The van der Waals surface area contributed by atoms with E-state index in [1.807, 2.05) is 12.1 Å². The second kappa shape index (κ2) is 7.42. The van der Waals surface area contributed by atoms with E-state index in [9.17, 15) is 9.50 Å². The highest BCUT2D eigenvalue weighted by Crippen LogP contribution is 2.46. The van der Waals surface area contributed by atoms with E-state index in [0.29, 0.717) is 12.2 Å². The van der Waals surface area contributed by atoms with Crippen molar-refractivity contribution in [1.29, 1.82) is 5.26 Å². The van der Waals surface area contributed by atoms with Crippen LogP contribution in [0.15, 0.2) is 48.5 Å². The van der Waals surface area contributed by atoms with Gasteiger partial charge in [0.15, 0.2) is 6.35 Å². The van der Waals surface area contributed by atoms with Crippen molar-refractivity contribution in [2.45, 2.75) is 43.1 Å². The molecule has 4 rings (SSSR count). The lowest BCUT2D eigenvalue weighted by Crippen LogP contribution is -2.54. The molecule has 1 aliphatic heterocycles. The van der Waals surface area contributed by atoms with Crippen LogP contribution < -0.4 is 10.2 Å². The van der Waals surface area contributed by atoms with E-state index < -0.39 is 12.2 Å². The predicted octanol–water partition coefficient (Wildman–Crippen LogP) is 3.15. The Kier molecular flexibility index (Phi) is 5.07. The lowest BCUT2D eigenvalue weighted by molar-refractivity contribution is 0.0513. The van der Waals surface area contributed by atoms with Crippen LogP contribution in [0.1, 0.15) is 36.8 Å². The van der Waals surface area contributed by atoms with Crippen molar-refractivity contribution in [3.05, 3.63) is 65.5 Å². The van der Waals surface area contributed by atoms with E-state index >= 15 is 0 Å². The number of nitriles is 1. The van der Waals surface area contributed by atoms with Crippen LogP contribution in [0.2, 0.25) is 0 Å². The molecule has 2 aliphatic rings. The zero-order valence-electron chi connectivity index (χ0n) is 16.9. The lowest BCUT2D eigenvalue weighted by atomic mass is 9.69. The molecule has 1 aliphatic carbocycles. The van der Waals surface area contributed by atoms with Crippen LogP contribution in [-0.2, 0) is 5.54 Å². The molecule has 2 N–H and O–H groups in total. The van der Waals surface area contributed by atoms with E-state index in [1.54, 1.807) is 17.0 Å². The molecule has 1 heterocycles. The van der Waals surface area contributed by atoms with Gasteiger partial charge in [-0.05, 0) is 63.5 Å². The third-order valence-electron chi connectivity index (χ3n) is 6.79. The van der Waals surface area contributed by atoms with Crippen LogP contribution in [-0.4, -0.2) is 42.5 Å². The summed E-state index contributed by atoms with van der Waals surface area (Å²) in [5.74, 6) is -0.482. The fourth-order valence-corrected chi connectivity index (χ4v) is 5.02. The van der Waals surface area contributed by atoms with E-state index in [0.717, 1.165) is 25.7 Å². The third kappa shape index (κ3) is 3.40. The van der Waals surface area contributed by atoms with Gasteiger partial charge in [0, 0.05) is 17.6 Å². The Morgan fingerprint density at radius 2 is 1.83 bits per heavy atom. The summed E-state index contributed by atoms with van der Waals surface area (Å²) in [4.78, 5) is 3.97. The number of nitrogens with zero attached hydrogens (tertiary/aromatic N) is 3. The Labute approximate surface area is 171 Å². The van der Waals surface area contributed by atoms with E-state index in [2.05, 4.69) is 48.6 Å². The summed E-state index contributed by atoms with van der Waals surface area (Å²) >= 11 is 0. The zero-order valence-corrected chi connectivity index (χ0v) is 16.9. The van der Waals surface area contributed by atoms with Gasteiger partial charge in [-0.2, -0.15) is 5.26 Å². The average Bonchev–Trinajstić information content (AvgIpc) is 3.04. The summed E-state index contributed by atoms with van der Waals surface area (Å²) in [6.07, 6.45) is 2.72. The van der Waals surface area contributed by atoms with Crippen molar-refractivity contribution in [1.82, 2.24) is 10.2 Å². The largest absolute Gasteiger partial charge is 0.361 e. The van der Waals surface area contributed by atoms with Crippen LogP contribution in [0.4, 0.5) is 10.1 Å². The Balaban J connectivity index is 1.55. The van der Waals surface area contributed by atoms with E-state index in [4.69, 9.17) is 5.26 Å². The summed E-state index contributed by atoms with van der Waals surface area (Å²) in [6.45, 7) is 0.537. The molecular weight excluding hydrogens is 367 g/mol. The van der Waals surface area contributed by atoms with Crippen LogP contribution >= 0.6 is 0 Å². The first-order valence-corrected chi connectivity index (χ1v) is 10.0. The molecule has 0 aromatic heterocycles. The third-order valence-corrected chi connectivity index (χ3v) is 6.79. The van der Waals surface area contributed by atoms with Crippen LogP contribution in [0.25, 0.3) is 0 Å². The number of aliphatic hydroxyl groups is 1. The monoisotopic (exact) mass is 394 g/mol. The number of hydrogen-bond donors (Lipinski definition) is 2. The molecule has 29 heavy (non-hydrogen) atoms. The molecule has 2 aromatic carbocycles. The van der Waals surface area contributed by atoms with Gasteiger partial charge in [-0.1, -0.05) is 30.3 Å². The van der Waals surface area contributed by atoms with Crippen molar-refractivity contribution in [3.8, 4) is 6.07 Å². The Hall–Kier alpha value is -2.46. The minimum atomic E-state index is -0.944. The van der Waals surface area contributed by atoms with Crippen molar-refractivity contribution >= 4 is 5.69 Å². The Bertz CT molecular complexity index is 916. The quantitative estimate of drug-likeness (QED) is 0.837. The zero-order chi connectivity index (χ0) is 20.6. The lowest BCUT2D eigenvalue weighted by Gasteiger charge is -2.49. The van der Waals surface area contributed by atoms with Gasteiger partial charge in [0.1, 0.15) is 5.82 Å². The van der Waals surface area contributed by atoms with Crippen LogP contribution in [0.5, 0.6) is 0 Å². The summed E-state index contributed by atoms with van der Waals surface area (Å²) in [7, 11) is 4.25. The molecule has 0 radical (unpaired) electrons. The van der Waals surface area contributed by atoms with Gasteiger partial charge < -0.3 is 10.0 Å². The number of benzene rings is 2. The van der Waals surface area contributed by atoms with Crippen molar-refractivity contribution in [3.63, 3.8) is 0 Å². The number of nitrogens with one attached hydrogen (secondary N) is 1. The minimum absolute atomic E-state index is 0.0355. The highest BCUT2D eigenvalue weighted by Gasteiger charge is 2.50. The van der Waals surface area contributed by atoms with Crippen molar-refractivity contribution in [2.75, 3.05) is 25.5 Å². The second-order valence-corrected chi connectivity index (χ2v) is 8.50. The number of aliphatic hydroxyl groups excluding tert-OH is 1. The molecule has 1 atom stereocenters. The van der Waals surface area contributed by atoms with Crippen LogP contribution in [0, 0.1) is 17.1 Å². The molecule has 152 valence electrons. The van der Waals surface area contributed by atoms with E-state index in [1.165, 1.54) is 11.6 Å². The molecule has 5 nitrogen and oxygen atoms in total. The van der Waals surface area contributed by atoms with Crippen LogP contribution in [0.3, 0.4) is 0 Å². The van der Waals surface area contributed by atoms with Gasteiger partial charge in [0.05, 0.1) is 17.3 Å². The molecule has 0 bridgehead atoms. The molecule has 2 aromatic rings. The van der Waals surface area contributed by atoms with Crippen molar-refractivity contribution < 1.29 is 9.50 Å². The number of rotatable bonds is 3. The maximum atomic E-state index is 14.5. The summed E-state index contributed by atoms with van der Waals surface area (Å²) in [6, 6.07) is 16.9. The first kappa shape index (κ1) is 19.8. The number of halogens is 1. The molecule has 1 saturated carbocycles. The topological polar surface area (TPSA) is 62.5 Å². The normalized spacial score (nSPS) is 29.4. The highest BCUT2D eigenvalue weighted by molar-refractivity contribution is 5.53. The van der Waals surface area contributed by atoms with Crippen molar-refractivity contribution in [2.24, 2.45) is 0 Å². The molecule has 6 heteroatoms. The average molecular weight is 394 g/mol. The maximum Gasteiger partial charge on any atom is 0.184 e. The molecule has 2 fully saturated rings. The molecule has 1 spiro atoms. The van der Waals surface area contributed by atoms with Gasteiger partial charge in [-0.3, -0.25) is 10.2 Å². The fraction of sp³-hybridized carbons (Fsp3) is 0.435. The molecule has 1 unspecified atom stereocenters. The van der Waals surface area contributed by atoms with E-state index in [-0.39, 0.29) is 16.6 Å². The second-order valence-electron chi connectivity index (χ2n) is 8.50. The Morgan fingerprint density at radius 3 is 2.41 bits per heavy atom. The van der Waals surface area contributed by atoms with Gasteiger partial charge in [0.25, 0.3) is 0 Å². The van der Waals surface area contributed by atoms with Gasteiger partial charge in [0.2, 0.25) is 0 Å². The maximum absolute atomic E-state index is 14.5. The Morgan fingerprint density at radius 1 is 1.14 bits per heavy atom. The van der Waals surface area contributed by atoms with Gasteiger partial charge in [-0.15, -0.1) is 0 Å². The SMILES string of the molecule is CN(C)[C@]1(c2ccccc2)CC[C@]2(CC1)CN(c1ccc(C#N)cc1F)C(O)N2.